The number of H-pyrrole nitrogens is 1. The number of anilines is 3. The Morgan fingerprint density at radius 3 is 2.88 bits per heavy atom. The van der Waals surface area contributed by atoms with Crippen molar-refractivity contribution in [1.29, 1.82) is 0 Å². The lowest BCUT2D eigenvalue weighted by Gasteiger charge is -2.17. The van der Waals surface area contributed by atoms with Crippen molar-refractivity contribution >= 4 is 59.0 Å². The van der Waals surface area contributed by atoms with Crippen LogP contribution < -0.4 is 38.0 Å². The Balaban J connectivity index is 1.59. The number of amides is 3. The monoisotopic (exact) mass is 594 g/mol. The fraction of sp³-hybridized carbons (Fsp3) is 0.222. The van der Waals surface area contributed by atoms with Gasteiger partial charge in [0.15, 0.2) is 0 Å². The Hall–Kier alpha value is -4.92. The molecular formula is C27H31ClN10O4. The molecule has 0 spiro atoms. The second kappa shape index (κ2) is 14.1. The average Bonchev–Trinajstić information content (AvgIpc) is 3.45. The summed E-state index contributed by atoms with van der Waals surface area (Å²) in [5.41, 5.74) is 3.28. The summed E-state index contributed by atoms with van der Waals surface area (Å²) in [7, 11) is 1.26. The minimum absolute atomic E-state index is 0.184. The number of imidazole rings is 1. The van der Waals surface area contributed by atoms with Gasteiger partial charge in [0.2, 0.25) is 11.8 Å². The smallest absolute Gasteiger partial charge is 0.411 e. The molecule has 42 heavy (non-hydrogen) atoms. The largest absolute Gasteiger partial charge is 0.453 e. The van der Waals surface area contributed by atoms with Crippen LogP contribution in [0.4, 0.5) is 21.9 Å². The maximum absolute atomic E-state index is 13.0. The first-order chi connectivity index (χ1) is 20.3. The molecule has 9 N–H and O–H groups in total. The lowest BCUT2D eigenvalue weighted by Crippen LogP contribution is -2.36. The van der Waals surface area contributed by atoms with Crippen LogP contribution in [0.25, 0.3) is 17.3 Å². The molecule has 14 nitrogen and oxygen atoms in total. The molecule has 220 valence electrons. The number of hydrazine groups is 1. The molecule has 0 radical (unpaired) electrons. The summed E-state index contributed by atoms with van der Waals surface area (Å²) in [5, 5.41) is 16.8. The number of ether oxygens (including phenoxy) is 1. The Kier molecular flexibility index (Phi) is 10.1. The van der Waals surface area contributed by atoms with Gasteiger partial charge in [-0.05, 0) is 55.4 Å². The lowest BCUT2D eigenvalue weighted by molar-refractivity contribution is -0.117. The molecule has 3 amide bonds. The number of nitrogens with one attached hydrogen (secondary N) is 5. The van der Waals surface area contributed by atoms with E-state index in [1.165, 1.54) is 24.5 Å². The molecule has 2 bridgehead atoms. The van der Waals surface area contributed by atoms with E-state index in [0.29, 0.717) is 64.2 Å². The molecule has 15 heteroatoms. The Labute approximate surface area is 246 Å². The van der Waals surface area contributed by atoms with Gasteiger partial charge in [-0.1, -0.05) is 11.6 Å². The predicted molar refractivity (Wildman–Crippen MR) is 162 cm³/mol. The molecule has 0 aliphatic carbocycles. The van der Waals surface area contributed by atoms with E-state index in [4.69, 9.17) is 23.3 Å². The third-order valence-corrected chi connectivity index (χ3v) is 6.47. The van der Waals surface area contributed by atoms with Crippen LogP contribution in [-0.4, -0.2) is 54.4 Å². The maximum atomic E-state index is 13.0. The molecule has 0 saturated heterocycles. The maximum Gasteiger partial charge on any atom is 0.411 e. The highest BCUT2D eigenvalue weighted by Gasteiger charge is 2.20. The summed E-state index contributed by atoms with van der Waals surface area (Å²) in [6.07, 6.45) is 5.97. The standard InChI is InChI=1S/C27H31ClN10O4/c1-42-27(41)34-18-6-7-19-20(12-18)35-24(39)3-2-10-31-13-22(26-32-14-21(19)37-26)36-25(40)9-4-16-11-17(28)5-8-23(16)38(30)15-33-29/h4-9,11-12,14-15,22,31H,2-3,10,13,29-30H2,1H3,(H,32,37)(H,34,41)(H,35,39)(H,36,40)/b9-4+,33-15-/t22-/m0/s1. The van der Waals surface area contributed by atoms with Crippen molar-refractivity contribution in [1.82, 2.24) is 20.6 Å². The van der Waals surface area contributed by atoms with Crippen LogP contribution in [0.3, 0.4) is 0 Å². The van der Waals surface area contributed by atoms with Gasteiger partial charge in [0.1, 0.15) is 12.2 Å². The van der Waals surface area contributed by atoms with E-state index in [-0.39, 0.29) is 18.2 Å². The average molecular weight is 595 g/mol. The van der Waals surface area contributed by atoms with Crippen LogP contribution in [0.15, 0.2) is 53.8 Å². The van der Waals surface area contributed by atoms with Crippen molar-refractivity contribution in [3.8, 4) is 11.3 Å². The quantitative estimate of drug-likeness (QED) is 0.0735. The van der Waals surface area contributed by atoms with Gasteiger partial charge in [-0.15, -0.1) is 0 Å². The number of hydrogen-bond donors (Lipinski definition) is 7. The summed E-state index contributed by atoms with van der Waals surface area (Å²) in [6.45, 7) is 0.885. The number of hydrogen-bond acceptors (Lipinski definition) is 9. The summed E-state index contributed by atoms with van der Waals surface area (Å²) in [6, 6.07) is 9.52. The zero-order chi connectivity index (χ0) is 30.1. The normalized spacial score (nSPS) is 15.6. The summed E-state index contributed by atoms with van der Waals surface area (Å²) in [4.78, 5) is 45.1. The van der Waals surface area contributed by atoms with Crippen LogP contribution in [0.2, 0.25) is 5.02 Å². The van der Waals surface area contributed by atoms with E-state index in [1.54, 1.807) is 48.7 Å². The van der Waals surface area contributed by atoms with Crippen molar-refractivity contribution in [3.63, 3.8) is 0 Å². The summed E-state index contributed by atoms with van der Waals surface area (Å²) in [5.74, 6) is 11.1. The van der Waals surface area contributed by atoms with Crippen molar-refractivity contribution in [3.05, 3.63) is 65.1 Å². The van der Waals surface area contributed by atoms with Gasteiger partial charge in [-0.3, -0.25) is 19.9 Å². The highest BCUT2D eigenvalue weighted by molar-refractivity contribution is 6.30. The molecule has 1 aliphatic rings. The molecule has 1 aliphatic heterocycles. The first-order valence-corrected chi connectivity index (χ1v) is 13.3. The van der Waals surface area contributed by atoms with Gasteiger partial charge in [-0.25, -0.2) is 15.6 Å². The minimum atomic E-state index is -0.634. The first kappa shape index (κ1) is 30.0. The summed E-state index contributed by atoms with van der Waals surface area (Å²) < 4.78 is 4.66. The molecule has 1 aromatic heterocycles. The lowest BCUT2D eigenvalue weighted by atomic mass is 10.1. The highest BCUT2D eigenvalue weighted by Crippen LogP contribution is 2.31. The van der Waals surface area contributed by atoms with Crippen molar-refractivity contribution in [2.45, 2.75) is 18.9 Å². The van der Waals surface area contributed by atoms with Gasteiger partial charge < -0.3 is 31.5 Å². The SMILES string of the molecule is COC(=O)Nc1ccc2c(c1)NC(=O)CCCNC[C@H](NC(=O)/C=C/c1cc(Cl)ccc1N(N)/C=N\N)c1ncc-2[nH]1. The number of hydrazone groups is 1. The van der Waals surface area contributed by atoms with Crippen molar-refractivity contribution in [2.75, 3.05) is 35.8 Å². The van der Waals surface area contributed by atoms with Gasteiger partial charge in [-0.2, -0.15) is 5.10 Å². The van der Waals surface area contributed by atoms with E-state index < -0.39 is 12.1 Å². The Morgan fingerprint density at radius 2 is 2.10 bits per heavy atom. The number of rotatable bonds is 6. The van der Waals surface area contributed by atoms with E-state index in [1.807, 2.05) is 0 Å². The van der Waals surface area contributed by atoms with Gasteiger partial charge in [0.05, 0.1) is 36.4 Å². The Bertz CT molecular complexity index is 1510. The molecule has 4 rings (SSSR count). The van der Waals surface area contributed by atoms with Crippen molar-refractivity contribution in [2.24, 2.45) is 16.8 Å². The van der Waals surface area contributed by atoms with Gasteiger partial charge in [0, 0.05) is 40.9 Å². The third kappa shape index (κ3) is 7.84. The van der Waals surface area contributed by atoms with E-state index >= 15 is 0 Å². The second-order valence-corrected chi connectivity index (χ2v) is 9.62. The number of aromatic nitrogens is 2. The van der Waals surface area contributed by atoms with E-state index in [2.05, 4.69) is 41.1 Å². The number of benzene rings is 2. The summed E-state index contributed by atoms with van der Waals surface area (Å²) >= 11 is 6.15. The highest BCUT2D eigenvalue weighted by atomic mass is 35.5. The van der Waals surface area contributed by atoms with Gasteiger partial charge >= 0.3 is 6.09 Å². The minimum Gasteiger partial charge on any atom is -0.453 e. The fourth-order valence-electron chi connectivity index (χ4n) is 4.24. The molecule has 0 unspecified atom stereocenters. The zero-order valence-corrected chi connectivity index (χ0v) is 23.4. The van der Waals surface area contributed by atoms with E-state index in [0.717, 1.165) is 0 Å². The molecular weight excluding hydrogens is 564 g/mol. The van der Waals surface area contributed by atoms with Crippen LogP contribution in [0.1, 0.15) is 30.3 Å². The number of methoxy groups -OCH3 is 1. The van der Waals surface area contributed by atoms with Crippen LogP contribution in [0.5, 0.6) is 0 Å². The first-order valence-electron chi connectivity index (χ1n) is 12.9. The molecule has 2 heterocycles. The number of fused-ring (bicyclic) bond motifs is 4. The molecule has 0 saturated carbocycles. The molecule has 3 aromatic rings. The Morgan fingerprint density at radius 1 is 1.26 bits per heavy atom. The van der Waals surface area contributed by atoms with Crippen molar-refractivity contribution < 1.29 is 19.1 Å². The van der Waals surface area contributed by atoms with Crippen LogP contribution in [0, 0.1) is 0 Å². The number of nitrogens with zero attached hydrogens (tertiary/aromatic N) is 3. The number of halogens is 1. The van der Waals surface area contributed by atoms with E-state index in [9.17, 15) is 14.4 Å². The zero-order valence-electron chi connectivity index (χ0n) is 22.7. The fourth-order valence-corrected chi connectivity index (χ4v) is 4.42. The number of aromatic amines is 1. The third-order valence-electron chi connectivity index (χ3n) is 6.24. The number of carbonyl (C=O) groups is 3. The molecule has 2 aromatic carbocycles. The van der Waals surface area contributed by atoms with Gasteiger partial charge in [0.25, 0.3) is 0 Å². The van der Waals surface area contributed by atoms with Crippen LogP contribution in [-0.2, 0) is 14.3 Å². The number of nitrogens with two attached hydrogens (primary N) is 2. The predicted octanol–water partition coefficient (Wildman–Crippen LogP) is 2.68. The molecule has 0 fully saturated rings. The van der Waals surface area contributed by atoms with Crippen LogP contribution >= 0.6 is 11.6 Å². The topological polar surface area (TPSA) is 205 Å². The number of carbonyl (C=O) groups excluding carboxylic acids is 3. The second-order valence-electron chi connectivity index (χ2n) is 9.18. The molecule has 1 atom stereocenters.